The van der Waals surface area contributed by atoms with E-state index in [1.165, 1.54) is 16.2 Å². The highest BCUT2D eigenvalue weighted by Gasteiger charge is 2.16. The number of methoxy groups -OCH3 is 1. The van der Waals surface area contributed by atoms with Gasteiger partial charge in [0.15, 0.2) is 0 Å². The van der Waals surface area contributed by atoms with Gasteiger partial charge in [0, 0.05) is 25.1 Å². The van der Waals surface area contributed by atoms with Crippen LogP contribution in [0.1, 0.15) is 15.9 Å². The minimum absolute atomic E-state index is 0.154. The number of ether oxygens (including phenoxy) is 1. The Labute approximate surface area is 110 Å². The summed E-state index contributed by atoms with van der Waals surface area (Å²) in [4.78, 5) is 23.5. The Morgan fingerprint density at radius 2 is 2.11 bits per heavy atom. The number of aromatic nitrogens is 2. The number of nitrogen functional groups attached to an aromatic ring is 1. The summed E-state index contributed by atoms with van der Waals surface area (Å²) in [5, 5.41) is 0. The summed E-state index contributed by atoms with van der Waals surface area (Å²) in [6, 6.07) is 5.12. The average molecular weight is 261 g/mol. The van der Waals surface area contributed by atoms with Crippen molar-refractivity contribution in [2.24, 2.45) is 7.05 Å². The molecule has 2 N–H and O–H groups in total. The summed E-state index contributed by atoms with van der Waals surface area (Å²) >= 11 is 0. The molecule has 2 rings (SSSR count). The molecular formula is C13H15N3O3. The third-order valence-corrected chi connectivity index (χ3v) is 2.93. The first kappa shape index (κ1) is 12.9. The van der Waals surface area contributed by atoms with Crippen LogP contribution in [0.4, 0.5) is 5.69 Å². The highest BCUT2D eigenvalue weighted by atomic mass is 16.5. The molecule has 0 aliphatic carbocycles. The van der Waals surface area contributed by atoms with Crippen molar-refractivity contribution in [3.05, 3.63) is 52.2 Å². The quantitative estimate of drug-likeness (QED) is 0.648. The van der Waals surface area contributed by atoms with Crippen LogP contribution in [0.15, 0.2) is 35.4 Å². The molecule has 0 aliphatic rings. The lowest BCUT2D eigenvalue weighted by atomic mass is 10.1. The molecule has 0 bridgehead atoms. The van der Waals surface area contributed by atoms with Crippen molar-refractivity contribution in [2.75, 3.05) is 12.8 Å². The maximum Gasteiger partial charge on any atom is 0.340 e. The summed E-state index contributed by atoms with van der Waals surface area (Å²) in [6.45, 7) is 0.273. The van der Waals surface area contributed by atoms with Crippen LogP contribution in [0.2, 0.25) is 0 Å². The third kappa shape index (κ3) is 2.37. The number of hydrogen-bond acceptors (Lipinski definition) is 4. The normalized spacial score (nSPS) is 10.4. The van der Waals surface area contributed by atoms with Crippen LogP contribution in [0.5, 0.6) is 0 Å². The smallest absolute Gasteiger partial charge is 0.340 e. The zero-order valence-corrected chi connectivity index (χ0v) is 10.8. The fourth-order valence-corrected chi connectivity index (χ4v) is 1.92. The molecular weight excluding hydrogens is 246 g/mol. The van der Waals surface area contributed by atoms with Crippen LogP contribution in [-0.4, -0.2) is 22.2 Å². The molecule has 0 aliphatic heterocycles. The second kappa shape index (κ2) is 5.01. The summed E-state index contributed by atoms with van der Waals surface area (Å²) in [6.07, 6.45) is 3.32. The molecule has 2 aromatic rings. The third-order valence-electron chi connectivity index (χ3n) is 2.93. The van der Waals surface area contributed by atoms with Gasteiger partial charge < -0.3 is 15.0 Å². The zero-order chi connectivity index (χ0) is 14.0. The van der Waals surface area contributed by atoms with Crippen molar-refractivity contribution in [2.45, 2.75) is 6.54 Å². The van der Waals surface area contributed by atoms with Gasteiger partial charge in [-0.25, -0.2) is 9.59 Å². The number of imidazole rings is 1. The van der Waals surface area contributed by atoms with Crippen LogP contribution >= 0.6 is 0 Å². The van der Waals surface area contributed by atoms with Crippen molar-refractivity contribution in [3.8, 4) is 0 Å². The standard InChI is InChI=1S/C13H15N3O3/c1-15-6-7-16(13(15)18)8-9-4-3-5-10(14)11(9)12(17)19-2/h3-7H,8,14H2,1-2H3. The van der Waals surface area contributed by atoms with Crippen LogP contribution in [0, 0.1) is 0 Å². The van der Waals surface area contributed by atoms with Crippen LogP contribution in [-0.2, 0) is 18.3 Å². The Morgan fingerprint density at radius 1 is 1.37 bits per heavy atom. The second-order valence-electron chi connectivity index (χ2n) is 4.19. The van der Waals surface area contributed by atoms with Crippen molar-refractivity contribution in [1.82, 2.24) is 9.13 Å². The Kier molecular flexibility index (Phi) is 3.41. The SMILES string of the molecule is COC(=O)c1c(N)cccc1Cn1ccn(C)c1=O. The number of benzene rings is 1. The van der Waals surface area contributed by atoms with Gasteiger partial charge in [-0.2, -0.15) is 0 Å². The number of nitrogens with two attached hydrogens (primary N) is 1. The number of carbonyl (C=O) groups excluding carboxylic acids is 1. The fourth-order valence-electron chi connectivity index (χ4n) is 1.92. The van der Waals surface area contributed by atoms with Crippen molar-refractivity contribution in [1.29, 1.82) is 0 Å². The highest BCUT2D eigenvalue weighted by molar-refractivity contribution is 5.96. The van der Waals surface area contributed by atoms with E-state index < -0.39 is 5.97 Å². The Morgan fingerprint density at radius 3 is 2.68 bits per heavy atom. The van der Waals surface area contributed by atoms with Gasteiger partial charge >= 0.3 is 11.7 Å². The molecule has 0 fully saturated rings. The number of aryl methyl sites for hydroxylation is 1. The lowest BCUT2D eigenvalue weighted by molar-refractivity contribution is 0.0600. The first-order valence-corrected chi connectivity index (χ1v) is 5.72. The maximum atomic E-state index is 11.8. The number of anilines is 1. The average Bonchev–Trinajstić information content (AvgIpc) is 2.70. The van der Waals surface area contributed by atoms with Crippen molar-refractivity contribution < 1.29 is 9.53 Å². The van der Waals surface area contributed by atoms with Gasteiger partial charge in [0.1, 0.15) is 0 Å². The number of nitrogens with zero attached hydrogens (tertiary/aromatic N) is 2. The molecule has 0 spiro atoms. The van der Waals surface area contributed by atoms with E-state index in [1.54, 1.807) is 37.6 Å². The van der Waals surface area contributed by atoms with Gasteiger partial charge in [-0.15, -0.1) is 0 Å². The van der Waals surface area contributed by atoms with Gasteiger partial charge in [-0.3, -0.25) is 4.57 Å². The monoisotopic (exact) mass is 261 g/mol. The minimum atomic E-state index is -0.503. The lowest BCUT2D eigenvalue weighted by Crippen LogP contribution is -2.23. The largest absolute Gasteiger partial charge is 0.465 e. The first-order valence-electron chi connectivity index (χ1n) is 5.72. The Balaban J connectivity index is 2.46. The van der Waals surface area contributed by atoms with E-state index in [0.29, 0.717) is 16.8 Å². The Bertz CT molecular complexity index is 670. The van der Waals surface area contributed by atoms with Crippen LogP contribution in [0.3, 0.4) is 0 Å². The fraction of sp³-hybridized carbons (Fsp3) is 0.231. The predicted molar refractivity (Wildman–Crippen MR) is 71.0 cm³/mol. The lowest BCUT2D eigenvalue weighted by Gasteiger charge is -2.10. The van der Waals surface area contributed by atoms with Crippen molar-refractivity contribution >= 4 is 11.7 Å². The molecule has 6 nitrogen and oxygen atoms in total. The van der Waals surface area contributed by atoms with E-state index in [0.717, 1.165) is 0 Å². The van der Waals surface area contributed by atoms with E-state index in [9.17, 15) is 9.59 Å². The molecule has 0 radical (unpaired) electrons. The summed E-state index contributed by atoms with van der Waals surface area (Å²) in [7, 11) is 2.96. The molecule has 1 heterocycles. The van der Waals surface area contributed by atoms with Gasteiger partial charge in [0.25, 0.3) is 0 Å². The molecule has 0 amide bonds. The highest BCUT2D eigenvalue weighted by Crippen LogP contribution is 2.18. The predicted octanol–water partition coefficient (Wildman–Crippen LogP) is 0.604. The van der Waals surface area contributed by atoms with Crippen LogP contribution < -0.4 is 11.4 Å². The number of hydrogen-bond donors (Lipinski definition) is 1. The zero-order valence-electron chi connectivity index (χ0n) is 10.8. The summed E-state index contributed by atoms with van der Waals surface area (Å²) in [5.74, 6) is -0.503. The molecule has 1 aromatic heterocycles. The number of esters is 1. The van der Waals surface area contributed by atoms with E-state index in [-0.39, 0.29) is 12.2 Å². The van der Waals surface area contributed by atoms with Gasteiger partial charge in [-0.1, -0.05) is 12.1 Å². The molecule has 19 heavy (non-hydrogen) atoms. The molecule has 6 heteroatoms. The van der Waals surface area contributed by atoms with Crippen molar-refractivity contribution in [3.63, 3.8) is 0 Å². The second-order valence-corrected chi connectivity index (χ2v) is 4.19. The number of carbonyl (C=O) groups is 1. The van der Waals surface area contributed by atoms with Gasteiger partial charge in [0.2, 0.25) is 0 Å². The first-order chi connectivity index (χ1) is 9.04. The molecule has 100 valence electrons. The minimum Gasteiger partial charge on any atom is -0.465 e. The van der Waals surface area contributed by atoms with Gasteiger partial charge in [-0.05, 0) is 11.6 Å². The van der Waals surface area contributed by atoms with E-state index >= 15 is 0 Å². The Hall–Kier alpha value is -2.50. The summed E-state index contributed by atoms with van der Waals surface area (Å²) in [5.41, 5.74) is 6.95. The van der Waals surface area contributed by atoms with E-state index in [2.05, 4.69) is 0 Å². The molecule has 0 unspecified atom stereocenters. The topological polar surface area (TPSA) is 79.2 Å². The summed E-state index contributed by atoms with van der Waals surface area (Å²) < 4.78 is 7.68. The van der Waals surface area contributed by atoms with Crippen LogP contribution in [0.25, 0.3) is 0 Å². The van der Waals surface area contributed by atoms with E-state index in [1.807, 2.05) is 0 Å². The molecule has 0 saturated carbocycles. The number of rotatable bonds is 3. The van der Waals surface area contributed by atoms with Gasteiger partial charge in [0.05, 0.1) is 19.2 Å². The maximum absolute atomic E-state index is 11.8. The molecule has 0 saturated heterocycles. The molecule has 0 atom stereocenters. The molecule has 1 aromatic carbocycles. The van der Waals surface area contributed by atoms with E-state index in [4.69, 9.17) is 10.5 Å².